The zero-order valence-electron chi connectivity index (χ0n) is 19.5. The molecule has 0 radical (unpaired) electrons. The van der Waals surface area contributed by atoms with Crippen LogP contribution in [0.15, 0.2) is 59.2 Å². The van der Waals surface area contributed by atoms with Gasteiger partial charge in [-0.05, 0) is 85.0 Å². The largest absolute Gasteiger partial charge is 0.493 e. The molecular formula is C27H29NO5. The second-order valence-electron chi connectivity index (χ2n) is 8.19. The van der Waals surface area contributed by atoms with Crippen molar-refractivity contribution in [2.24, 2.45) is 0 Å². The minimum absolute atomic E-state index is 0.0964. The van der Waals surface area contributed by atoms with Crippen molar-refractivity contribution < 1.29 is 23.4 Å². The molecule has 2 heterocycles. The Hall–Kier alpha value is -3.67. The molecule has 6 nitrogen and oxygen atoms in total. The number of ether oxygens (including phenoxy) is 3. The number of furan rings is 1. The highest BCUT2D eigenvalue weighted by Crippen LogP contribution is 2.38. The second kappa shape index (κ2) is 9.86. The lowest BCUT2D eigenvalue weighted by Crippen LogP contribution is -2.41. The van der Waals surface area contributed by atoms with Crippen LogP contribution in [0.4, 0.5) is 0 Å². The van der Waals surface area contributed by atoms with Gasteiger partial charge < -0.3 is 23.5 Å². The monoisotopic (exact) mass is 447 g/mol. The summed E-state index contributed by atoms with van der Waals surface area (Å²) < 4.78 is 22.6. The van der Waals surface area contributed by atoms with E-state index in [4.69, 9.17) is 18.6 Å². The molecule has 1 aromatic heterocycles. The Morgan fingerprint density at radius 3 is 2.48 bits per heavy atom. The van der Waals surface area contributed by atoms with E-state index in [2.05, 4.69) is 6.07 Å². The lowest BCUT2D eigenvalue weighted by Gasteiger charge is -2.37. The van der Waals surface area contributed by atoms with Gasteiger partial charge in [-0.25, -0.2) is 0 Å². The number of methoxy groups -OCH3 is 2. The van der Waals surface area contributed by atoms with Gasteiger partial charge in [0.1, 0.15) is 18.1 Å². The van der Waals surface area contributed by atoms with Crippen LogP contribution in [0.1, 0.15) is 34.1 Å². The van der Waals surface area contributed by atoms with Crippen molar-refractivity contribution in [1.29, 1.82) is 0 Å². The third-order valence-corrected chi connectivity index (χ3v) is 5.82. The van der Waals surface area contributed by atoms with Crippen LogP contribution in [0.3, 0.4) is 0 Å². The maximum absolute atomic E-state index is 13.2. The summed E-state index contributed by atoms with van der Waals surface area (Å²) in [6.07, 6.45) is 5.54. The number of amides is 1. The number of hydrogen-bond acceptors (Lipinski definition) is 5. The molecule has 0 fully saturated rings. The summed E-state index contributed by atoms with van der Waals surface area (Å²) >= 11 is 0. The maximum atomic E-state index is 13.2. The Kier molecular flexibility index (Phi) is 6.73. The molecule has 0 bridgehead atoms. The van der Waals surface area contributed by atoms with Gasteiger partial charge in [-0.1, -0.05) is 6.07 Å². The molecule has 0 N–H and O–H groups in total. The number of fused-ring (bicyclic) bond motifs is 1. The van der Waals surface area contributed by atoms with E-state index in [1.54, 1.807) is 38.7 Å². The molecule has 1 aliphatic heterocycles. The fourth-order valence-corrected chi connectivity index (χ4v) is 4.30. The molecule has 4 rings (SSSR count). The van der Waals surface area contributed by atoms with Gasteiger partial charge in [-0.15, -0.1) is 0 Å². The molecule has 1 atom stereocenters. The van der Waals surface area contributed by atoms with Crippen molar-refractivity contribution in [3.8, 4) is 17.2 Å². The van der Waals surface area contributed by atoms with Crippen LogP contribution in [0.25, 0.3) is 6.08 Å². The molecule has 1 aliphatic rings. The van der Waals surface area contributed by atoms with E-state index in [0.717, 1.165) is 34.4 Å². The first-order valence-corrected chi connectivity index (χ1v) is 11.0. The first-order valence-electron chi connectivity index (χ1n) is 11.0. The summed E-state index contributed by atoms with van der Waals surface area (Å²) in [5.41, 5.74) is 4.40. The molecule has 6 heteroatoms. The van der Waals surface area contributed by atoms with Crippen molar-refractivity contribution in [3.05, 3.63) is 82.8 Å². The molecule has 0 saturated carbocycles. The van der Waals surface area contributed by atoms with E-state index in [9.17, 15) is 4.79 Å². The lowest BCUT2D eigenvalue weighted by atomic mass is 9.92. The van der Waals surface area contributed by atoms with Gasteiger partial charge in [0, 0.05) is 12.6 Å². The van der Waals surface area contributed by atoms with E-state index < -0.39 is 0 Å². The Labute approximate surface area is 194 Å². The molecular weight excluding hydrogens is 418 g/mol. The molecule has 1 amide bonds. The first kappa shape index (κ1) is 22.5. The fraction of sp³-hybridized carbons (Fsp3) is 0.296. The van der Waals surface area contributed by atoms with Crippen LogP contribution >= 0.6 is 0 Å². The van der Waals surface area contributed by atoms with Gasteiger partial charge in [0.15, 0.2) is 11.5 Å². The standard InChI is InChI=1S/C27H29NO5/c1-18-12-19(2)14-22(13-18)33-17-24-23-16-26(31-4)25(30-3)15-20(23)9-10-28(24)27(29)8-7-21-6-5-11-32-21/h5-8,11-16,24H,9-10,17H2,1-4H3/b8-7+/t24-/m0/s1. The minimum atomic E-state index is -0.275. The van der Waals surface area contributed by atoms with Crippen LogP contribution in [-0.4, -0.2) is 38.2 Å². The first-order chi connectivity index (χ1) is 16.0. The quantitative estimate of drug-likeness (QED) is 0.470. The van der Waals surface area contributed by atoms with Crippen LogP contribution in [0.2, 0.25) is 0 Å². The van der Waals surface area contributed by atoms with Gasteiger partial charge in [0.25, 0.3) is 0 Å². The number of nitrogens with zero attached hydrogens (tertiary/aromatic N) is 1. The van der Waals surface area contributed by atoms with Gasteiger partial charge in [0.05, 0.1) is 26.5 Å². The highest BCUT2D eigenvalue weighted by atomic mass is 16.5. The Morgan fingerprint density at radius 2 is 1.82 bits per heavy atom. The van der Waals surface area contributed by atoms with Crippen molar-refractivity contribution >= 4 is 12.0 Å². The third-order valence-electron chi connectivity index (χ3n) is 5.82. The van der Waals surface area contributed by atoms with Gasteiger partial charge >= 0.3 is 0 Å². The third kappa shape index (κ3) is 5.06. The van der Waals surface area contributed by atoms with E-state index in [-0.39, 0.29) is 11.9 Å². The predicted octanol–water partition coefficient (Wildman–Crippen LogP) is 5.13. The molecule has 172 valence electrons. The highest BCUT2D eigenvalue weighted by Gasteiger charge is 2.32. The average molecular weight is 448 g/mol. The topological polar surface area (TPSA) is 61.1 Å². The van der Waals surface area contributed by atoms with Crippen LogP contribution in [-0.2, 0) is 11.2 Å². The van der Waals surface area contributed by atoms with Crippen molar-refractivity contribution in [2.75, 3.05) is 27.4 Å². The highest BCUT2D eigenvalue weighted by molar-refractivity contribution is 5.92. The number of carbonyl (C=O) groups excluding carboxylic acids is 1. The van der Waals surface area contributed by atoms with Gasteiger partial charge in [-0.3, -0.25) is 4.79 Å². The molecule has 33 heavy (non-hydrogen) atoms. The number of rotatable bonds is 7. The summed E-state index contributed by atoms with van der Waals surface area (Å²) in [5.74, 6) is 2.64. The lowest BCUT2D eigenvalue weighted by molar-refractivity contribution is -0.129. The number of carbonyl (C=O) groups is 1. The number of benzene rings is 2. The Bertz CT molecular complexity index is 1130. The van der Waals surface area contributed by atoms with E-state index in [1.807, 2.05) is 49.1 Å². The Balaban J connectivity index is 1.66. The minimum Gasteiger partial charge on any atom is -0.493 e. The molecule has 2 aromatic carbocycles. The van der Waals surface area contributed by atoms with Crippen LogP contribution in [0.5, 0.6) is 17.2 Å². The summed E-state index contributed by atoms with van der Waals surface area (Å²) in [7, 11) is 3.24. The molecule has 0 unspecified atom stereocenters. The van der Waals surface area contributed by atoms with Crippen molar-refractivity contribution in [2.45, 2.75) is 26.3 Å². The van der Waals surface area contributed by atoms with E-state index in [1.165, 1.54) is 0 Å². The predicted molar refractivity (Wildman–Crippen MR) is 127 cm³/mol. The molecule has 0 spiro atoms. The summed E-state index contributed by atoms with van der Waals surface area (Å²) in [6, 6.07) is 13.4. The van der Waals surface area contributed by atoms with Crippen molar-refractivity contribution in [1.82, 2.24) is 4.90 Å². The van der Waals surface area contributed by atoms with E-state index >= 15 is 0 Å². The normalized spacial score (nSPS) is 15.4. The van der Waals surface area contributed by atoms with E-state index in [0.29, 0.717) is 30.4 Å². The molecule has 0 aliphatic carbocycles. The summed E-state index contributed by atoms with van der Waals surface area (Å²) in [4.78, 5) is 15.0. The fourth-order valence-electron chi connectivity index (χ4n) is 4.30. The zero-order chi connectivity index (χ0) is 23.4. The zero-order valence-corrected chi connectivity index (χ0v) is 19.5. The number of aryl methyl sites for hydroxylation is 2. The second-order valence-corrected chi connectivity index (χ2v) is 8.19. The maximum Gasteiger partial charge on any atom is 0.247 e. The number of hydrogen-bond donors (Lipinski definition) is 0. The van der Waals surface area contributed by atoms with Gasteiger partial charge in [-0.2, -0.15) is 0 Å². The van der Waals surface area contributed by atoms with Gasteiger partial charge in [0.2, 0.25) is 5.91 Å². The Morgan fingerprint density at radius 1 is 1.09 bits per heavy atom. The molecule has 0 saturated heterocycles. The molecule has 3 aromatic rings. The SMILES string of the molecule is COc1cc2c(cc1OC)[C@H](COc1cc(C)cc(C)c1)N(C(=O)/C=C/c1ccco1)CC2. The summed E-state index contributed by atoms with van der Waals surface area (Å²) in [5, 5.41) is 0. The smallest absolute Gasteiger partial charge is 0.247 e. The van der Waals surface area contributed by atoms with Crippen LogP contribution in [0, 0.1) is 13.8 Å². The van der Waals surface area contributed by atoms with Crippen molar-refractivity contribution in [3.63, 3.8) is 0 Å². The summed E-state index contributed by atoms with van der Waals surface area (Å²) in [6.45, 7) is 4.99. The average Bonchev–Trinajstić information content (AvgIpc) is 3.33. The van der Waals surface area contributed by atoms with Crippen LogP contribution < -0.4 is 14.2 Å².